The molecule has 3 N–H and O–H groups in total. The van der Waals surface area contributed by atoms with Crippen LogP contribution in [0.1, 0.15) is 21.5 Å². The maximum absolute atomic E-state index is 11.9. The van der Waals surface area contributed by atoms with Crippen molar-refractivity contribution in [1.29, 1.82) is 5.26 Å². The van der Waals surface area contributed by atoms with Gasteiger partial charge in [-0.3, -0.25) is 10.2 Å². The normalized spacial score (nSPS) is 9.16. The highest BCUT2D eigenvalue weighted by atomic mass is 16.5. The van der Waals surface area contributed by atoms with Gasteiger partial charge in [0.1, 0.15) is 0 Å². The molecule has 2 amide bonds. The molecule has 7 nitrogen and oxygen atoms in total. The first-order valence-electron chi connectivity index (χ1n) is 5.40. The van der Waals surface area contributed by atoms with Gasteiger partial charge < -0.3 is 10.1 Å². The molecule has 0 aliphatic rings. The summed E-state index contributed by atoms with van der Waals surface area (Å²) in [7, 11) is 2.85. The fourth-order valence-electron chi connectivity index (χ4n) is 1.59. The van der Waals surface area contributed by atoms with Gasteiger partial charge in [0.15, 0.2) is 0 Å². The van der Waals surface area contributed by atoms with Gasteiger partial charge in [-0.15, -0.1) is 0 Å². The van der Waals surface area contributed by atoms with Crippen LogP contribution in [0.15, 0.2) is 12.1 Å². The maximum Gasteiger partial charge on any atom is 0.425 e. The van der Waals surface area contributed by atoms with Crippen LogP contribution in [0.2, 0.25) is 0 Å². The fraction of sp³-hybridized carbons (Fsp3) is 0.250. The third-order valence-corrected chi connectivity index (χ3v) is 2.42. The number of hydrogen-bond acceptors (Lipinski definition) is 5. The van der Waals surface area contributed by atoms with Gasteiger partial charge in [0.05, 0.1) is 24.3 Å². The van der Waals surface area contributed by atoms with Crippen LogP contribution in [0, 0.1) is 18.3 Å². The van der Waals surface area contributed by atoms with E-state index < -0.39 is 12.0 Å². The van der Waals surface area contributed by atoms with Crippen molar-refractivity contribution in [3.05, 3.63) is 28.8 Å². The third kappa shape index (κ3) is 3.35. The molecule has 0 heterocycles. The van der Waals surface area contributed by atoms with Gasteiger partial charge >= 0.3 is 6.09 Å². The van der Waals surface area contributed by atoms with Gasteiger partial charge in [0, 0.05) is 12.7 Å². The Morgan fingerprint density at radius 1 is 1.32 bits per heavy atom. The van der Waals surface area contributed by atoms with Crippen LogP contribution >= 0.6 is 0 Å². The smallest absolute Gasteiger partial charge is 0.425 e. The molecule has 0 atom stereocenters. The largest absolute Gasteiger partial charge is 0.452 e. The number of anilines is 1. The number of aryl methyl sites for hydroxylation is 1. The highest BCUT2D eigenvalue weighted by Crippen LogP contribution is 2.22. The van der Waals surface area contributed by atoms with Crippen molar-refractivity contribution < 1.29 is 14.3 Å². The number of ether oxygens (including phenoxy) is 1. The van der Waals surface area contributed by atoms with Crippen molar-refractivity contribution in [2.45, 2.75) is 6.92 Å². The van der Waals surface area contributed by atoms with E-state index in [0.717, 1.165) is 5.56 Å². The van der Waals surface area contributed by atoms with E-state index in [9.17, 15) is 9.59 Å². The van der Waals surface area contributed by atoms with E-state index in [1.807, 2.05) is 6.07 Å². The zero-order valence-corrected chi connectivity index (χ0v) is 10.8. The molecule has 100 valence electrons. The SMILES string of the molecule is CNc1c(C)cc(C#N)cc1C(=O)NNC(=O)OC. The van der Waals surface area contributed by atoms with E-state index in [1.54, 1.807) is 20.0 Å². The van der Waals surface area contributed by atoms with Crippen LogP contribution in [-0.4, -0.2) is 26.2 Å². The Bertz CT molecular complexity index is 549. The predicted molar refractivity (Wildman–Crippen MR) is 68.4 cm³/mol. The first-order chi connectivity index (χ1) is 9.03. The molecule has 1 rings (SSSR count). The van der Waals surface area contributed by atoms with Crippen LogP contribution < -0.4 is 16.2 Å². The Labute approximate surface area is 110 Å². The van der Waals surface area contributed by atoms with Crippen molar-refractivity contribution in [2.75, 3.05) is 19.5 Å². The summed E-state index contributed by atoms with van der Waals surface area (Å²) in [6.07, 6.45) is -0.785. The molecule has 0 aromatic heterocycles. The van der Waals surface area contributed by atoms with Crippen molar-refractivity contribution in [3.8, 4) is 6.07 Å². The topological polar surface area (TPSA) is 103 Å². The lowest BCUT2D eigenvalue weighted by Gasteiger charge is -2.13. The molecule has 0 spiro atoms. The standard InChI is InChI=1S/C12H14N4O3/c1-7-4-8(6-13)5-9(10(7)14-2)11(17)15-16-12(18)19-3/h4-5,14H,1-3H3,(H,15,17)(H,16,18). The summed E-state index contributed by atoms with van der Waals surface area (Å²) in [6, 6.07) is 5.07. The summed E-state index contributed by atoms with van der Waals surface area (Å²) in [5, 5.41) is 11.8. The van der Waals surface area contributed by atoms with Crippen LogP contribution in [0.4, 0.5) is 10.5 Å². The Morgan fingerprint density at radius 2 is 2.00 bits per heavy atom. The second-order valence-electron chi connectivity index (χ2n) is 3.65. The van der Waals surface area contributed by atoms with Crippen molar-refractivity contribution >= 4 is 17.7 Å². The lowest BCUT2D eigenvalue weighted by atomic mass is 10.0. The van der Waals surface area contributed by atoms with E-state index >= 15 is 0 Å². The summed E-state index contributed by atoms with van der Waals surface area (Å²) in [5.74, 6) is -0.546. The second-order valence-corrected chi connectivity index (χ2v) is 3.65. The third-order valence-electron chi connectivity index (χ3n) is 2.42. The molecule has 19 heavy (non-hydrogen) atoms. The molecule has 0 aliphatic heterocycles. The zero-order chi connectivity index (χ0) is 14.4. The Hall–Kier alpha value is -2.75. The lowest BCUT2D eigenvalue weighted by Crippen LogP contribution is -2.41. The molecule has 0 fully saturated rings. The number of carbonyl (C=O) groups excluding carboxylic acids is 2. The lowest BCUT2D eigenvalue weighted by molar-refractivity contribution is 0.0921. The zero-order valence-electron chi connectivity index (χ0n) is 10.8. The monoisotopic (exact) mass is 262 g/mol. The molecule has 0 saturated carbocycles. The fourth-order valence-corrected chi connectivity index (χ4v) is 1.59. The van der Waals surface area contributed by atoms with Crippen molar-refractivity contribution in [1.82, 2.24) is 10.9 Å². The average Bonchev–Trinajstić information content (AvgIpc) is 2.43. The molecule has 1 aromatic rings. The van der Waals surface area contributed by atoms with Crippen LogP contribution in [0.25, 0.3) is 0 Å². The summed E-state index contributed by atoms with van der Waals surface area (Å²) in [5.41, 5.74) is 6.22. The van der Waals surface area contributed by atoms with E-state index in [4.69, 9.17) is 5.26 Å². The molecule has 0 unspecified atom stereocenters. The highest BCUT2D eigenvalue weighted by Gasteiger charge is 2.15. The number of hydrogen-bond donors (Lipinski definition) is 3. The summed E-state index contributed by atoms with van der Waals surface area (Å²) in [4.78, 5) is 22.8. The van der Waals surface area contributed by atoms with Crippen LogP contribution in [-0.2, 0) is 4.74 Å². The quantitative estimate of drug-likeness (QED) is 0.687. The van der Waals surface area contributed by atoms with E-state index in [2.05, 4.69) is 20.9 Å². The number of methoxy groups -OCH3 is 1. The predicted octanol–water partition coefficient (Wildman–Crippen LogP) is 0.909. The summed E-state index contributed by atoms with van der Waals surface area (Å²) < 4.78 is 4.33. The first kappa shape index (κ1) is 14.3. The van der Waals surface area contributed by atoms with Crippen molar-refractivity contribution in [2.24, 2.45) is 0 Å². The van der Waals surface area contributed by atoms with Gasteiger partial charge in [-0.25, -0.2) is 10.2 Å². The van der Waals surface area contributed by atoms with Crippen molar-refractivity contribution in [3.63, 3.8) is 0 Å². The number of nitrogens with zero attached hydrogens (tertiary/aromatic N) is 1. The molecule has 0 bridgehead atoms. The number of nitrogens with one attached hydrogen (secondary N) is 3. The van der Waals surface area contributed by atoms with Gasteiger partial charge in [-0.05, 0) is 24.6 Å². The summed E-state index contributed by atoms with van der Waals surface area (Å²) >= 11 is 0. The molecule has 7 heteroatoms. The summed E-state index contributed by atoms with van der Waals surface area (Å²) in [6.45, 7) is 1.77. The molecule has 0 aliphatic carbocycles. The number of amides is 2. The van der Waals surface area contributed by atoms with Crippen LogP contribution in [0.5, 0.6) is 0 Å². The van der Waals surface area contributed by atoms with E-state index in [-0.39, 0.29) is 5.56 Å². The molecule has 1 aromatic carbocycles. The molecule has 0 radical (unpaired) electrons. The van der Waals surface area contributed by atoms with Gasteiger partial charge in [0.2, 0.25) is 0 Å². The van der Waals surface area contributed by atoms with E-state index in [1.165, 1.54) is 13.2 Å². The Morgan fingerprint density at radius 3 is 2.53 bits per heavy atom. The minimum absolute atomic E-state index is 0.260. The Balaban J connectivity index is 3.04. The molecular weight excluding hydrogens is 248 g/mol. The maximum atomic E-state index is 11.9. The van der Waals surface area contributed by atoms with Gasteiger partial charge in [-0.2, -0.15) is 5.26 Å². The first-order valence-corrected chi connectivity index (χ1v) is 5.40. The number of benzene rings is 1. The minimum atomic E-state index is -0.785. The number of rotatable bonds is 2. The number of nitriles is 1. The number of carbonyl (C=O) groups is 2. The molecular formula is C12H14N4O3. The van der Waals surface area contributed by atoms with Gasteiger partial charge in [-0.1, -0.05) is 0 Å². The second kappa shape index (κ2) is 6.26. The Kier molecular flexibility index (Phi) is 4.71. The van der Waals surface area contributed by atoms with Gasteiger partial charge in [0.25, 0.3) is 5.91 Å². The number of hydrazine groups is 1. The minimum Gasteiger partial charge on any atom is -0.452 e. The van der Waals surface area contributed by atoms with E-state index in [0.29, 0.717) is 11.3 Å². The average molecular weight is 262 g/mol. The highest BCUT2D eigenvalue weighted by molar-refractivity contribution is 6.01. The molecule has 0 saturated heterocycles. The van der Waals surface area contributed by atoms with Crippen LogP contribution in [0.3, 0.4) is 0 Å².